The van der Waals surface area contributed by atoms with Crippen LogP contribution in [-0.4, -0.2) is 66.8 Å². The molecule has 0 radical (unpaired) electrons. The topological polar surface area (TPSA) is 88.5 Å². The van der Waals surface area contributed by atoms with E-state index < -0.39 is 9.84 Å². The Labute approximate surface area is 162 Å². The standard InChI is InChI=1S/C19H31N3O4S/c1-13-9-16(14(2)22(13)15-7-8-27(25,26)12-15)17(23)10-21(6)11-18(24)20-19(3,4)5/h9,15H,7-8,10-12H2,1-6H3,(H,20,24)/t15-/m0/s1. The van der Waals surface area contributed by atoms with E-state index in [9.17, 15) is 18.0 Å². The number of sulfone groups is 1. The van der Waals surface area contributed by atoms with Gasteiger partial charge in [0.2, 0.25) is 5.91 Å². The number of rotatable bonds is 6. The number of aryl methyl sites for hydroxylation is 1. The average Bonchev–Trinajstić information content (AvgIpc) is 2.95. The fourth-order valence-corrected chi connectivity index (χ4v) is 5.39. The van der Waals surface area contributed by atoms with Gasteiger partial charge < -0.3 is 9.88 Å². The van der Waals surface area contributed by atoms with E-state index in [2.05, 4.69) is 5.32 Å². The highest BCUT2D eigenvalue weighted by Gasteiger charge is 2.31. The highest BCUT2D eigenvalue weighted by molar-refractivity contribution is 7.91. The molecular weight excluding hydrogens is 366 g/mol. The van der Waals surface area contributed by atoms with Crippen LogP contribution in [0, 0.1) is 13.8 Å². The van der Waals surface area contributed by atoms with Gasteiger partial charge in [0.05, 0.1) is 24.6 Å². The average molecular weight is 398 g/mol. The molecule has 0 aliphatic carbocycles. The second-order valence-electron chi connectivity index (χ2n) is 8.61. The van der Waals surface area contributed by atoms with Gasteiger partial charge in [-0.05, 0) is 54.2 Å². The Morgan fingerprint density at radius 1 is 1.26 bits per heavy atom. The number of carbonyl (C=O) groups excluding carboxylic acids is 2. The van der Waals surface area contributed by atoms with Crippen molar-refractivity contribution < 1.29 is 18.0 Å². The Morgan fingerprint density at radius 2 is 1.89 bits per heavy atom. The molecule has 7 nitrogen and oxygen atoms in total. The molecule has 0 spiro atoms. The van der Waals surface area contributed by atoms with E-state index in [4.69, 9.17) is 0 Å². The highest BCUT2D eigenvalue weighted by atomic mass is 32.2. The van der Waals surface area contributed by atoms with Crippen LogP contribution in [0.3, 0.4) is 0 Å². The van der Waals surface area contributed by atoms with Crippen LogP contribution in [0.25, 0.3) is 0 Å². The van der Waals surface area contributed by atoms with Gasteiger partial charge >= 0.3 is 0 Å². The highest BCUT2D eigenvalue weighted by Crippen LogP contribution is 2.29. The summed E-state index contributed by atoms with van der Waals surface area (Å²) in [6.07, 6.45) is 0.583. The second-order valence-corrected chi connectivity index (χ2v) is 10.8. The Hall–Kier alpha value is -1.67. The molecule has 1 aliphatic rings. The van der Waals surface area contributed by atoms with E-state index in [0.717, 1.165) is 11.4 Å². The van der Waals surface area contributed by atoms with Crippen LogP contribution in [0.15, 0.2) is 6.07 Å². The van der Waals surface area contributed by atoms with Crippen LogP contribution >= 0.6 is 0 Å². The van der Waals surface area contributed by atoms with Crippen LogP contribution < -0.4 is 5.32 Å². The minimum Gasteiger partial charge on any atom is -0.350 e. The molecule has 8 heteroatoms. The molecule has 0 bridgehead atoms. The second kappa shape index (κ2) is 7.75. The molecule has 1 aliphatic heterocycles. The third kappa shape index (κ3) is 5.65. The number of amides is 1. The Balaban J connectivity index is 2.07. The normalized spacial score (nSPS) is 19.4. The maximum Gasteiger partial charge on any atom is 0.234 e. The third-order valence-electron chi connectivity index (χ3n) is 4.70. The summed E-state index contributed by atoms with van der Waals surface area (Å²) in [5, 5.41) is 2.88. The van der Waals surface area contributed by atoms with E-state index in [0.29, 0.717) is 12.0 Å². The predicted molar refractivity (Wildman–Crippen MR) is 106 cm³/mol. The molecular formula is C19H31N3O4S. The first-order valence-electron chi connectivity index (χ1n) is 9.20. The summed E-state index contributed by atoms with van der Waals surface area (Å²) in [7, 11) is -1.26. The molecule has 1 atom stereocenters. The fourth-order valence-electron chi connectivity index (χ4n) is 3.69. The summed E-state index contributed by atoms with van der Waals surface area (Å²) < 4.78 is 25.6. The van der Waals surface area contributed by atoms with Gasteiger partial charge in [0.25, 0.3) is 0 Å². The van der Waals surface area contributed by atoms with Crippen molar-refractivity contribution in [1.82, 2.24) is 14.8 Å². The molecule has 1 aromatic rings. The van der Waals surface area contributed by atoms with Crippen LogP contribution in [-0.2, 0) is 14.6 Å². The van der Waals surface area contributed by atoms with Gasteiger partial charge in [0.15, 0.2) is 15.6 Å². The molecule has 2 heterocycles. The summed E-state index contributed by atoms with van der Waals surface area (Å²) in [5.74, 6) is 0.133. The molecule has 0 aromatic carbocycles. The molecule has 1 N–H and O–H groups in total. The van der Waals surface area contributed by atoms with E-state index in [1.165, 1.54) is 0 Å². The summed E-state index contributed by atoms with van der Waals surface area (Å²) in [5.41, 5.74) is 1.98. The number of hydrogen-bond acceptors (Lipinski definition) is 5. The first-order valence-corrected chi connectivity index (χ1v) is 11.0. The number of hydrogen-bond donors (Lipinski definition) is 1. The van der Waals surface area contributed by atoms with Gasteiger partial charge in [-0.1, -0.05) is 0 Å². The number of Topliss-reactive ketones (excluding diaryl/α,β-unsaturated/α-hetero) is 1. The molecule has 1 saturated heterocycles. The van der Waals surface area contributed by atoms with Crippen LogP contribution in [0.2, 0.25) is 0 Å². The van der Waals surface area contributed by atoms with Crippen molar-refractivity contribution >= 4 is 21.5 Å². The lowest BCUT2D eigenvalue weighted by molar-refractivity contribution is -0.123. The quantitative estimate of drug-likeness (QED) is 0.735. The van der Waals surface area contributed by atoms with E-state index >= 15 is 0 Å². The number of ketones is 1. The first kappa shape index (κ1) is 21.6. The zero-order valence-corrected chi connectivity index (χ0v) is 17.9. The number of carbonyl (C=O) groups is 2. The largest absolute Gasteiger partial charge is 0.350 e. The summed E-state index contributed by atoms with van der Waals surface area (Å²) in [6, 6.07) is 1.72. The van der Waals surface area contributed by atoms with Gasteiger partial charge in [0, 0.05) is 28.5 Å². The predicted octanol–water partition coefficient (Wildman–Crippen LogP) is 1.49. The lowest BCUT2D eigenvalue weighted by atomic mass is 10.1. The molecule has 1 fully saturated rings. The van der Waals surface area contributed by atoms with E-state index in [1.807, 2.05) is 45.3 Å². The van der Waals surface area contributed by atoms with Crippen LogP contribution in [0.5, 0.6) is 0 Å². The lowest BCUT2D eigenvalue weighted by Crippen LogP contribution is -2.45. The van der Waals surface area contributed by atoms with Crippen molar-refractivity contribution in [2.45, 2.75) is 52.6 Å². The van der Waals surface area contributed by atoms with Gasteiger partial charge in [-0.15, -0.1) is 0 Å². The molecule has 2 rings (SSSR count). The molecule has 27 heavy (non-hydrogen) atoms. The van der Waals surface area contributed by atoms with Gasteiger partial charge in [0.1, 0.15) is 0 Å². The summed E-state index contributed by atoms with van der Waals surface area (Å²) in [4.78, 5) is 26.5. The molecule has 152 valence electrons. The molecule has 0 unspecified atom stereocenters. The number of likely N-dealkylation sites (N-methyl/N-ethyl adjacent to an activating group) is 1. The fraction of sp³-hybridized carbons (Fsp3) is 0.684. The maximum absolute atomic E-state index is 12.7. The minimum atomic E-state index is -2.99. The Morgan fingerprint density at radius 3 is 2.41 bits per heavy atom. The van der Waals surface area contributed by atoms with Gasteiger partial charge in [-0.25, -0.2) is 8.42 Å². The monoisotopic (exact) mass is 397 g/mol. The first-order chi connectivity index (χ1) is 12.3. The third-order valence-corrected chi connectivity index (χ3v) is 6.45. The van der Waals surface area contributed by atoms with Crippen molar-refractivity contribution in [3.8, 4) is 0 Å². The van der Waals surface area contributed by atoms with Crippen molar-refractivity contribution in [3.05, 3.63) is 23.0 Å². The number of aromatic nitrogens is 1. The van der Waals surface area contributed by atoms with Crippen molar-refractivity contribution in [2.75, 3.05) is 31.6 Å². The zero-order valence-electron chi connectivity index (χ0n) is 17.1. The smallest absolute Gasteiger partial charge is 0.234 e. The van der Waals surface area contributed by atoms with Gasteiger partial charge in [-0.2, -0.15) is 0 Å². The van der Waals surface area contributed by atoms with Crippen molar-refractivity contribution in [2.24, 2.45) is 0 Å². The molecule has 0 saturated carbocycles. The summed E-state index contributed by atoms with van der Waals surface area (Å²) in [6.45, 7) is 9.76. The van der Waals surface area contributed by atoms with Gasteiger partial charge in [-0.3, -0.25) is 14.5 Å². The molecule has 1 amide bonds. The number of nitrogens with zero attached hydrogens (tertiary/aromatic N) is 2. The number of nitrogens with one attached hydrogen (secondary N) is 1. The maximum atomic E-state index is 12.7. The SMILES string of the molecule is Cc1cc(C(=O)CN(C)CC(=O)NC(C)(C)C)c(C)n1[C@H]1CCS(=O)(=O)C1. The molecule has 1 aromatic heterocycles. The zero-order chi connectivity index (χ0) is 20.6. The van der Waals surface area contributed by atoms with Crippen LogP contribution in [0.4, 0.5) is 0 Å². The van der Waals surface area contributed by atoms with Crippen LogP contribution in [0.1, 0.15) is 55.0 Å². The lowest BCUT2D eigenvalue weighted by Gasteiger charge is -2.23. The Kier molecular flexibility index (Phi) is 6.21. The Bertz CT molecular complexity index is 834. The summed E-state index contributed by atoms with van der Waals surface area (Å²) >= 11 is 0. The minimum absolute atomic E-state index is 0.0683. The van der Waals surface area contributed by atoms with Crippen molar-refractivity contribution in [3.63, 3.8) is 0 Å². The van der Waals surface area contributed by atoms with E-state index in [1.54, 1.807) is 11.9 Å². The van der Waals surface area contributed by atoms with E-state index in [-0.39, 0.29) is 47.9 Å². The van der Waals surface area contributed by atoms with Crippen molar-refractivity contribution in [1.29, 1.82) is 0 Å².